The van der Waals surface area contributed by atoms with Crippen LogP contribution in [0.5, 0.6) is 0 Å². The number of ether oxygens (including phenoxy) is 2. The van der Waals surface area contributed by atoms with Crippen molar-refractivity contribution in [2.75, 3.05) is 19.8 Å². The fourth-order valence-corrected chi connectivity index (χ4v) is 2.98. The van der Waals surface area contributed by atoms with Crippen LogP contribution in [0.4, 0.5) is 0 Å². The van der Waals surface area contributed by atoms with Gasteiger partial charge in [-0.25, -0.2) is 0 Å². The molecule has 0 amide bonds. The molecule has 5 atom stereocenters. The van der Waals surface area contributed by atoms with Crippen molar-refractivity contribution in [3.8, 4) is 0 Å². The highest BCUT2D eigenvalue weighted by molar-refractivity contribution is 5.70. The van der Waals surface area contributed by atoms with Gasteiger partial charge in [-0.1, -0.05) is 6.42 Å². The summed E-state index contributed by atoms with van der Waals surface area (Å²) >= 11 is 0. The number of carboxylic acids is 1. The Balaban J connectivity index is 1.82. The Labute approximate surface area is 120 Å². The zero-order valence-corrected chi connectivity index (χ0v) is 11.4. The minimum Gasteiger partial charge on any atom is -0.481 e. The molecule has 1 unspecified atom stereocenters. The first-order valence-electron chi connectivity index (χ1n) is 6.92. The molecule has 0 radical (unpaired) electrons. The maximum atomic E-state index is 11.4. The van der Waals surface area contributed by atoms with Crippen molar-refractivity contribution in [1.82, 2.24) is 0 Å². The topological polar surface area (TPSA) is 128 Å². The lowest BCUT2D eigenvalue weighted by Gasteiger charge is -2.22. The van der Waals surface area contributed by atoms with E-state index in [2.05, 4.69) is 4.84 Å². The van der Waals surface area contributed by atoms with Gasteiger partial charge in [0, 0.05) is 5.92 Å². The van der Waals surface area contributed by atoms with Gasteiger partial charge in [0.05, 0.1) is 31.8 Å². The molecule has 0 saturated carbocycles. The van der Waals surface area contributed by atoms with Crippen molar-refractivity contribution in [1.29, 1.82) is 0 Å². The summed E-state index contributed by atoms with van der Waals surface area (Å²) in [5.74, 6) is -1.90. The van der Waals surface area contributed by atoms with Crippen molar-refractivity contribution >= 4 is 5.97 Å². The third kappa shape index (κ3) is 3.80. The first-order chi connectivity index (χ1) is 10.0. The number of aliphatic carboxylic acids is 1. The molecular weight excluding hydrogens is 286 g/mol. The standard InChI is InChI=1S/C12H19NO8/c14-9-6-20-10-8(5-19-11(9)10)7(12(15)16)3-1-2-4-21-13(17)18/h7-11,14H,1-6H2,(H,15,16)/t7?,8-,9+,10+,11+/m0/s1. The fraction of sp³-hybridized carbons (Fsp3) is 0.917. The molecule has 2 N–H and O–H groups in total. The molecular formula is C12H19NO8. The molecule has 9 heteroatoms. The van der Waals surface area contributed by atoms with Crippen LogP contribution in [0.3, 0.4) is 0 Å². The van der Waals surface area contributed by atoms with Crippen molar-refractivity contribution in [2.24, 2.45) is 11.8 Å². The smallest absolute Gasteiger partial charge is 0.306 e. The SMILES string of the molecule is O=C(O)C(CCCCO[N+](=O)[O-])[C@@H]1CO[C@H]2[C@@H]1OC[C@H]2O. The van der Waals surface area contributed by atoms with Gasteiger partial charge in [0.1, 0.15) is 12.2 Å². The quantitative estimate of drug-likeness (QED) is 0.359. The minimum absolute atomic E-state index is 0.0399. The van der Waals surface area contributed by atoms with Crippen LogP contribution in [0.2, 0.25) is 0 Å². The highest BCUT2D eigenvalue weighted by Crippen LogP contribution is 2.37. The third-order valence-electron chi connectivity index (χ3n) is 4.01. The maximum Gasteiger partial charge on any atom is 0.306 e. The molecule has 2 fully saturated rings. The lowest BCUT2D eigenvalue weighted by Crippen LogP contribution is -2.35. The molecule has 0 aliphatic carbocycles. The fourth-order valence-electron chi connectivity index (χ4n) is 2.98. The average molecular weight is 305 g/mol. The molecule has 0 aromatic heterocycles. The van der Waals surface area contributed by atoms with Crippen LogP contribution in [-0.2, 0) is 19.1 Å². The summed E-state index contributed by atoms with van der Waals surface area (Å²) in [6, 6.07) is 0. The van der Waals surface area contributed by atoms with Gasteiger partial charge < -0.3 is 24.5 Å². The number of fused-ring (bicyclic) bond motifs is 1. The van der Waals surface area contributed by atoms with Gasteiger partial charge in [0.15, 0.2) is 0 Å². The highest BCUT2D eigenvalue weighted by atomic mass is 16.9. The molecule has 0 spiro atoms. The molecule has 120 valence electrons. The molecule has 0 bridgehead atoms. The second-order valence-corrected chi connectivity index (χ2v) is 5.32. The van der Waals surface area contributed by atoms with Crippen LogP contribution in [0, 0.1) is 22.0 Å². The summed E-state index contributed by atoms with van der Waals surface area (Å²) in [4.78, 5) is 25.6. The number of rotatable bonds is 8. The number of unbranched alkanes of at least 4 members (excludes halogenated alkanes) is 1. The van der Waals surface area contributed by atoms with Crippen LogP contribution in [0.1, 0.15) is 19.3 Å². The first kappa shape index (κ1) is 15.9. The highest BCUT2D eigenvalue weighted by Gasteiger charge is 2.50. The summed E-state index contributed by atoms with van der Waals surface area (Å²) in [6.07, 6.45) is -0.265. The van der Waals surface area contributed by atoms with E-state index < -0.39 is 35.3 Å². The molecule has 21 heavy (non-hydrogen) atoms. The Morgan fingerprint density at radius 1 is 1.33 bits per heavy atom. The summed E-state index contributed by atoms with van der Waals surface area (Å²) in [7, 11) is 0. The molecule has 2 heterocycles. The number of nitrogens with zero attached hydrogens (tertiary/aromatic N) is 1. The van der Waals surface area contributed by atoms with Crippen LogP contribution in [0.15, 0.2) is 0 Å². The predicted molar refractivity (Wildman–Crippen MR) is 66.9 cm³/mol. The average Bonchev–Trinajstić information content (AvgIpc) is 2.97. The summed E-state index contributed by atoms with van der Waals surface area (Å²) in [5, 5.41) is 28.1. The van der Waals surface area contributed by atoms with E-state index in [1.54, 1.807) is 0 Å². The summed E-state index contributed by atoms with van der Waals surface area (Å²) < 4.78 is 10.9. The normalized spacial score (nSPS) is 32.6. The number of aliphatic hydroxyl groups excluding tert-OH is 1. The zero-order chi connectivity index (χ0) is 15.4. The molecule has 2 aliphatic heterocycles. The van der Waals surface area contributed by atoms with Gasteiger partial charge in [-0.05, 0) is 12.8 Å². The number of carboxylic acid groups (broad SMARTS) is 1. The predicted octanol–water partition coefficient (Wildman–Crippen LogP) is -0.160. The molecule has 0 aromatic rings. The lowest BCUT2D eigenvalue weighted by atomic mass is 9.84. The van der Waals surface area contributed by atoms with Crippen molar-refractivity contribution < 1.29 is 34.4 Å². The number of aliphatic hydroxyl groups is 1. The molecule has 2 aliphatic rings. The Bertz CT molecular complexity index is 389. The van der Waals surface area contributed by atoms with E-state index in [0.717, 1.165) is 0 Å². The van der Waals surface area contributed by atoms with E-state index in [9.17, 15) is 25.1 Å². The Morgan fingerprint density at radius 2 is 2.05 bits per heavy atom. The van der Waals surface area contributed by atoms with Gasteiger partial charge in [0.25, 0.3) is 5.09 Å². The molecule has 0 aromatic carbocycles. The maximum absolute atomic E-state index is 11.4. The zero-order valence-electron chi connectivity index (χ0n) is 11.4. The van der Waals surface area contributed by atoms with Gasteiger partial charge in [-0.3, -0.25) is 4.79 Å². The number of hydrogen-bond acceptors (Lipinski definition) is 7. The van der Waals surface area contributed by atoms with Crippen LogP contribution in [-0.4, -0.2) is 59.4 Å². The Hall–Kier alpha value is -1.45. The summed E-state index contributed by atoms with van der Waals surface area (Å²) in [6.45, 7) is 0.366. The van der Waals surface area contributed by atoms with E-state index in [1.165, 1.54) is 0 Å². The molecule has 2 rings (SSSR count). The van der Waals surface area contributed by atoms with Crippen molar-refractivity contribution in [3.63, 3.8) is 0 Å². The van der Waals surface area contributed by atoms with Gasteiger partial charge in [-0.15, -0.1) is 10.1 Å². The van der Waals surface area contributed by atoms with E-state index in [-0.39, 0.29) is 25.7 Å². The first-order valence-corrected chi connectivity index (χ1v) is 6.92. The van der Waals surface area contributed by atoms with Crippen molar-refractivity contribution in [3.05, 3.63) is 10.1 Å². The van der Waals surface area contributed by atoms with Crippen LogP contribution >= 0.6 is 0 Å². The largest absolute Gasteiger partial charge is 0.481 e. The van der Waals surface area contributed by atoms with E-state index in [1.807, 2.05) is 0 Å². The van der Waals surface area contributed by atoms with E-state index in [4.69, 9.17) is 9.47 Å². The minimum atomic E-state index is -0.940. The van der Waals surface area contributed by atoms with Gasteiger partial charge in [-0.2, -0.15) is 0 Å². The van der Waals surface area contributed by atoms with Crippen LogP contribution < -0.4 is 0 Å². The molecule has 9 nitrogen and oxygen atoms in total. The van der Waals surface area contributed by atoms with Crippen molar-refractivity contribution in [2.45, 2.75) is 37.6 Å². The third-order valence-corrected chi connectivity index (χ3v) is 4.01. The second-order valence-electron chi connectivity index (χ2n) is 5.32. The monoisotopic (exact) mass is 305 g/mol. The molecule has 2 saturated heterocycles. The van der Waals surface area contributed by atoms with Gasteiger partial charge >= 0.3 is 5.97 Å². The Morgan fingerprint density at radius 3 is 2.71 bits per heavy atom. The van der Waals surface area contributed by atoms with E-state index in [0.29, 0.717) is 19.3 Å². The number of hydrogen-bond donors (Lipinski definition) is 2. The number of carbonyl (C=O) groups is 1. The van der Waals surface area contributed by atoms with Crippen LogP contribution in [0.25, 0.3) is 0 Å². The Kier molecular flexibility index (Phi) is 5.32. The second kappa shape index (κ2) is 7.01. The van der Waals surface area contributed by atoms with Gasteiger partial charge in [0.2, 0.25) is 0 Å². The summed E-state index contributed by atoms with van der Waals surface area (Å²) in [5.41, 5.74) is 0. The lowest BCUT2D eigenvalue weighted by molar-refractivity contribution is -0.757. The van der Waals surface area contributed by atoms with E-state index >= 15 is 0 Å².